The molecule has 0 radical (unpaired) electrons. The molecular weight excluding hydrogens is 424 g/mol. The molecule has 30 heavy (non-hydrogen) atoms. The number of benzene rings is 1. The molecule has 2 aliphatic heterocycles. The molecule has 4 rings (SSSR count). The van der Waals surface area contributed by atoms with Gasteiger partial charge in [0.1, 0.15) is 0 Å². The van der Waals surface area contributed by atoms with Gasteiger partial charge < -0.3 is 10.0 Å². The standard InChI is InChI=1S/C22H31ClN2O4S/c1-2-17-4-3-5-20(25(17)30(28,29)19-8-6-16(23)7-9-19)22(11-12-22)14-21(27)24-13-10-18(26)15-24/h6-9,17-18,20,26H,2-5,10-15H2,1H3/t17-,18+,20-/m1/s1. The van der Waals surface area contributed by atoms with Gasteiger partial charge in [-0.05, 0) is 68.2 Å². The van der Waals surface area contributed by atoms with Crippen LogP contribution in [0.2, 0.25) is 5.02 Å². The van der Waals surface area contributed by atoms with Gasteiger partial charge in [-0.2, -0.15) is 4.31 Å². The molecule has 2 saturated heterocycles. The average Bonchev–Trinajstić information content (AvgIpc) is 3.38. The van der Waals surface area contributed by atoms with Crippen LogP contribution >= 0.6 is 11.6 Å². The maximum absolute atomic E-state index is 13.7. The van der Waals surface area contributed by atoms with E-state index in [1.165, 1.54) is 0 Å². The lowest BCUT2D eigenvalue weighted by Gasteiger charge is -2.45. The lowest BCUT2D eigenvalue weighted by Crippen LogP contribution is -2.54. The second-order valence-electron chi connectivity index (χ2n) is 9.12. The van der Waals surface area contributed by atoms with Crippen LogP contribution in [0.3, 0.4) is 0 Å². The monoisotopic (exact) mass is 454 g/mol. The van der Waals surface area contributed by atoms with Crippen molar-refractivity contribution >= 4 is 27.5 Å². The first-order valence-corrected chi connectivity index (χ1v) is 12.8. The minimum absolute atomic E-state index is 0.0477. The molecular formula is C22H31ClN2O4S. The van der Waals surface area contributed by atoms with Crippen LogP contribution in [0.15, 0.2) is 29.2 Å². The molecule has 0 bridgehead atoms. The van der Waals surface area contributed by atoms with Crippen LogP contribution in [0.25, 0.3) is 0 Å². The van der Waals surface area contributed by atoms with Gasteiger partial charge in [0, 0.05) is 36.6 Å². The summed E-state index contributed by atoms with van der Waals surface area (Å²) < 4.78 is 29.1. The van der Waals surface area contributed by atoms with E-state index in [9.17, 15) is 18.3 Å². The predicted molar refractivity (Wildman–Crippen MR) is 116 cm³/mol. The Morgan fingerprint density at radius 3 is 2.47 bits per heavy atom. The number of hydrogen-bond donors (Lipinski definition) is 1. The number of halogens is 1. The zero-order valence-electron chi connectivity index (χ0n) is 17.5. The number of nitrogens with zero attached hydrogens (tertiary/aromatic N) is 2. The van der Waals surface area contributed by atoms with Crippen molar-refractivity contribution < 1.29 is 18.3 Å². The Morgan fingerprint density at radius 1 is 1.20 bits per heavy atom. The fraction of sp³-hybridized carbons (Fsp3) is 0.682. The number of hydrogen-bond acceptors (Lipinski definition) is 4. The number of rotatable bonds is 6. The topological polar surface area (TPSA) is 77.9 Å². The number of likely N-dealkylation sites (tertiary alicyclic amines) is 1. The van der Waals surface area contributed by atoms with Crippen LogP contribution in [-0.2, 0) is 14.8 Å². The van der Waals surface area contributed by atoms with Crippen LogP contribution in [0, 0.1) is 5.41 Å². The second kappa shape index (κ2) is 8.41. The molecule has 0 unspecified atom stereocenters. The van der Waals surface area contributed by atoms with Crippen molar-refractivity contribution in [2.75, 3.05) is 13.1 Å². The highest BCUT2D eigenvalue weighted by Gasteiger charge is 2.57. The minimum atomic E-state index is -3.69. The van der Waals surface area contributed by atoms with Gasteiger partial charge >= 0.3 is 0 Å². The van der Waals surface area contributed by atoms with Crippen LogP contribution < -0.4 is 0 Å². The minimum Gasteiger partial charge on any atom is -0.391 e. The van der Waals surface area contributed by atoms with Gasteiger partial charge in [0.15, 0.2) is 0 Å². The van der Waals surface area contributed by atoms with Crippen molar-refractivity contribution in [3.63, 3.8) is 0 Å². The molecule has 3 atom stereocenters. The molecule has 2 heterocycles. The van der Waals surface area contributed by atoms with Crippen LogP contribution in [0.5, 0.6) is 0 Å². The van der Waals surface area contributed by atoms with Crippen molar-refractivity contribution in [2.24, 2.45) is 5.41 Å². The zero-order chi connectivity index (χ0) is 21.5. The highest BCUT2D eigenvalue weighted by atomic mass is 35.5. The number of carbonyl (C=O) groups excluding carboxylic acids is 1. The molecule has 1 aromatic carbocycles. The zero-order valence-corrected chi connectivity index (χ0v) is 19.0. The quantitative estimate of drug-likeness (QED) is 0.714. The Hall–Kier alpha value is -1.15. The molecule has 1 N–H and O–H groups in total. The number of piperidine rings is 1. The van der Waals surface area contributed by atoms with E-state index < -0.39 is 16.1 Å². The van der Waals surface area contributed by atoms with E-state index in [1.54, 1.807) is 33.5 Å². The summed E-state index contributed by atoms with van der Waals surface area (Å²) in [5, 5.41) is 10.3. The van der Waals surface area contributed by atoms with E-state index >= 15 is 0 Å². The summed E-state index contributed by atoms with van der Waals surface area (Å²) in [5.74, 6) is 0.0477. The number of aliphatic hydroxyl groups excluding tert-OH is 1. The average molecular weight is 455 g/mol. The number of amides is 1. The number of sulfonamides is 1. The van der Waals surface area contributed by atoms with Crippen molar-refractivity contribution in [3.05, 3.63) is 29.3 Å². The Balaban J connectivity index is 1.62. The first-order valence-electron chi connectivity index (χ1n) is 11.0. The smallest absolute Gasteiger partial charge is 0.243 e. The summed E-state index contributed by atoms with van der Waals surface area (Å²) in [6, 6.07) is 6.17. The third-order valence-corrected chi connectivity index (χ3v) is 9.39. The van der Waals surface area contributed by atoms with Gasteiger partial charge in [-0.25, -0.2) is 8.42 Å². The maximum Gasteiger partial charge on any atom is 0.243 e. The molecule has 3 aliphatic rings. The normalized spacial score (nSPS) is 29.2. The molecule has 1 aromatic rings. The molecule has 0 spiro atoms. The van der Waals surface area contributed by atoms with Crippen molar-refractivity contribution in [3.8, 4) is 0 Å². The van der Waals surface area contributed by atoms with Gasteiger partial charge in [0.25, 0.3) is 0 Å². The van der Waals surface area contributed by atoms with E-state index in [1.807, 2.05) is 6.92 Å². The molecule has 1 saturated carbocycles. The summed E-state index contributed by atoms with van der Waals surface area (Å²) >= 11 is 5.98. The second-order valence-corrected chi connectivity index (χ2v) is 11.4. The Bertz CT molecular complexity index is 885. The van der Waals surface area contributed by atoms with Crippen LogP contribution in [0.4, 0.5) is 0 Å². The van der Waals surface area contributed by atoms with Gasteiger partial charge in [-0.1, -0.05) is 24.9 Å². The number of β-amino-alcohol motifs (C(OH)–C–C–N with tert-alkyl or cyclic N) is 1. The molecule has 8 heteroatoms. The van der Waals surface area contributed by atoms with Crippen LogP contribution in [0.1, 0.15) is 58.3 Å². The molecule has 0 aromatic heterocycles. The fourth-order valence-corrected chi connectivity index (χ4v) is 7.44. The van der Waals surface area contributed by atoms with Gasteiger partial charge in [-0.15, -0.1) is 0 Å². The Morgan fingerprint density at radius 2 is 1.90 bits per heavy atom. The van der Waals surface area contributed by atoms with Crippen molar-refractivity contribution in [1.29, 1.82) is 0 Å². The third-order valence-electron chi connectivity index (χ3n) is 7.16. The SMILES string of the molecule is CC[C@@H]1CCC[C@H](C2(CC(=O)N3CC[C@H](O)C3)CC2)N1S(=O)(=O)c1ccc(Cl)cc1. The number of carbonyl (C=O) groups is 1. The predicted octanol–water partition coefficient (Wildman–Crippen LogP) is 3.43. The summed E-state index contributed by atoms with van der Waals surface area (Å²) in [7, 11) is -3.69. The summed E-state index contributed by atoms with van der Waals surface area (Å²) in [4.78, 5) is 14.9. The van der Waals surface area contributed by atoms with Crippen LogP contribution in [-0.4, -0.2) is 59.9 Å². The first kappa shape index (κ1) is 22.1. The number of aliphatic hydroxyl groups is 1. The Labute approximate surface area is 184 Å². The highest BCUT2D eigenvalue weighted by molar-refractivity contribution is 7.89. The molecule has 3 fully saturated rings. The van der Waals surface area contributed by atoms with Crippen molar-refractivity contribution in [1.82, 2.24) is 9.21 Å². The molecule has 6 nitrogen and oxygen atoms in total. The summed E-state index contributed by atoms with van der Waals surface area (Å²) in [6.45, 7) is 3.02. The van der Waals surface area contributed by atoms with E-state index in [0.717, 1.165) is 38.5 Å². The largest absolute Gasteiger partial charge is 0.391 e. The lowest BCUT2D eigenvalue weighted by atomic mass is 9.83. The maximum atomic E-state index is 13.7. The van der Waals surface area contributed by atoms with Gasteiger partial charge in [0.05, 0.1) is 11.0 Å². The summed E-state index contributed by atoms with van der Waals surface area (Å²) in [6.07, 6.45) is 5.68. The van der Waals surface area contributed by atoms with Gasteiger partial charge in [0.2, 0.25) is 15.9 Å². The molecule has 166 valence electrons. The Kier molecular flexibility index (Phi) is 6.19. The summed E-state index contributed by atoms with van der Waals surface area (Å²) in [5.41, 5.74) is -0.280. The van der Waals surface area contributed by atoms with Crippen molar-refractivity contribution in [2.45, 2.75) is 81.4 Å². The third kappa shape index (κ3) is 4.14. The van der Waals surface area contributed by atoms with E-state index in [-0.39, 0.29) is 28.3 Å². The molecule has 1 amide bonds. The van der Waals surface area contributed by atoms with E-state index in [2.05, 4.69) is 0 Å². The first-order chi connectivity index (χ1) is 14.3. The fourth-order valence-electron chi connectivity index (χ4n) is 5.28. The highest BCUT2D eigenvalue weighted by Crippen LogP contribution is 2.57. The molecule has 1 aliphatic carbocycles. The van der Waals surface area contributed by atoms with E-state index in [0.29, 0.717) is 31.0 Å². The lowest BCUT2D eigenvalue weighted by molar-refractivity contribution is -0.132. The van der Waals surface area contributed by atoms with Gasteiger partial charge in [-0.3, -0.25) is 4.79 Å². The van der Waals surface area contributed by atoms with E-state index in [4.69, 9.17) is 11.6 Å².